The first-order valence-corrected chi connectivity index (χ1v) is 14.3. The fraction of sp³-hybridized carbons (Fsp3) is 0.533. The summed E-state index contributed by atoms with van der Waals surface area (Å²) in [6.45, 7) is 12.6. The molecule has 0 saturated carbocycles. The number of ether oxygens (including phenoxy) is 2. The predicted octanol–water partition coefficient (Wildman–Crippen LogP) is 6.25. The van der Waals surface area contributed by atoms with Crippen LogP contribution in [0.1, 0.15) is 76.6 Å². The van der Waals surface area contributed by atoms with Crippen LogP contribution >= 0.6 is 8.38 Å². The molecule has 0 bridgehead atoms. The van der Waals surface area contributed by atoms with E-state index in [1.807, 2.05) is 24.3 Å². The largest absolute Gasteiger partial charge is 0.469 e. The van der Waals surface area contributed by atoms with Crippen LogP contribution in [0.5, 0.6) is 11.5 Å². The van der Waals surface area contributed by atoms with Crippen molar-refractivity contribution < 1.29 is 33.2 Å². The standard InChI is InChI=1S/C30H43O7P/c1-29(2,3)23-19-21(11-15-27(32)34-7)9-13-25(23)36-38(18-17-31)37-26-14-10-22(12-16-28(33)35-8)20-24(26)30(4,5)6/h9-10,13-14,19-20,31H,11-12,15-18H2,1-8H3. The second-order valence-electron chi connectivity index (χ2n) is 11.3. The Labute approximate surface area is 228 Å². The average molecular weight is 547 g/mol. The van der Waals surface area contributed by atoms with Crippen molar-refractivity contribution in [2.45, 2.75) is 78.1 Å². The van der Waals surface area contributed by atoms with E-state index in [0.29, 0.717) is 43.3 Å². The normalized spacial score (nSPS) is 11.8. The van der Waals surface area contributed by atoms with Crippen molar-refractivity contribution in [2.75, 3.05) is 27.0 Å². The van der Waals surface area contributed by atoms with Gasteiger partial charge in [-0.3, -0.25) is 9.59 Å². The van der Waals surface area contributed by atoms with Crippen LogP contribution in [0.2, 0.25) is 0 Å². The molecule has 0 amide bonds. The maximum Gasteiger partial charge on any atom is 0.305 e. The number of aliphatic hydroxyl groups is 1. The maximum atomic E-state index is 11.6. The highest BCUT2D eigenvalue weighted by Crippen LogP contribution is 2.46. The lowest BCUT2D eigenvalue weighted by atomic mass is 9.85. The Balaban J connectivity index is 2.34. The molecular weight excluding hydrogens is 503 g/mol. The molecule has 2 aromatic carbocycles. The monoisotopic (exact) mass is 546 g/mol. The topological polar surface area (TPSA) is 91.3 Å². The van der Waals surface area contributed by atoms with Gasteiger partial charge in [-0.05, 0) is 46.9 Å². The van der Waals surface area contributed by atoms with Gasteiger partial charge < -0.3 is 23.6 Å². The quantitative estimate of drug-likeness (QED) is 0.248. The molecule has 0 atom stereocenters. The zero-order valence-corrected chi connectivity index (χ0v) is 24.9. The van der Waals surface area contributed by atoms with Crippen LogP contribution in [0.25, 0.3) is 0 Å². The van der Waals surface area contributed by atoms with E-state index in [-0.39, 0.29) is 29.4 Å². The Kier molecular flexibility index (Phi) is 11.6. The van der Waals surface area contributed by atoms with Crippen LogP contribution in [-0.2, 0) is 42.7 Å². The number of carbonyl (C=O) groups excluding carboxylic acids is 2. The van der Waals surface area contributed by atoms with E-state index in [0.717, 1.165) is 22.3 Å². The predicted molar refractivity (Wildman–Crippen MR) is 151 cm³/mol. The molecule has 210 valence electrons. The third-order valence-electron chi connectivity index (χ3n) is 6.08. The summed E-state index contributed by atoms with van der Waals surface area (Å²) in [4.78, 5) is 23.2. The summed E-state index contributed by atoms with van der Waals surface area (Å²) < 4.78 is 22.4. The van der Waals surface area contributed by atoms with Crippen molar-refractivity contribution in [3.8, 4) is 11.5 Å². The number of hydrogen-bond acceptors (Lipinski definition) is 7. The van der Waals surface area contributed by atoms with Crippen LogP contribution in [-0.4, -0.2) is 44.0 Å². The van der Waals surface area contributed by atoms with Gasteiger partial charge in [0.15, 0.2) is 0 Å². The molecule has 1 N–H and O–H groups in total. The Hall–Kier alpha value is -2.63. The second kappa shape index (κ2) is 14.0. The molecule has 0 aliphatic carbocycles. The first-order chi connectivity index (χ1) is 17.8. The number of methoxy groups -OCH3 is 2. The van der Waals surface area contributed by atoms with Gasteiger partial charge in [0.05, 0.1) is 27.0 Å². The van der Waals surface area contributed by atoms with Crippen molar-refractivity contribution in [3.63, 3.8) is 0 Å². The van der Waals surface area contributed by atoms with Crippen molar-refractivity contribution in [3.05, 3.63) is 58.7 Å². The Morgan fingerprint density at radius 1 is 0.737 bits per heavy atom. The van der Waals surface area contributed by atoms with Crippen LogP contribution in [0.3, 0.4) is 0 Å². The summed E-state index contributed by atoms with van der Waals surface area (Å²) in [7, 11) is 1.29. The van der Waals surface area contributed by atoms with Crippen molar-refractivity contribution in [2.24, 2.45) is 0 Å². The minimum Gasteiger partial charge on any atom is -0.469 e. The molecule has 0 spiro atoms. The summed E-state index contributed by atoms with van der Waals surface area (Å²) in [5, 5.41) is 9.80. The minimum absolute atomic E-state index is 0.0736. The number of esters is 2. The van der Waals surface area contributed by atoms with Gasteiger partial charge in [0.2, 0.25) is 0 Å². The van der Waals surface area contributed by atoms with E-state index in [1.54, 1.807) is 0 Å². The summed E-state index contributed by atoms with van der Waals surface area (Å²) >= 11 is 0. The Morgan fingerprint density at radius 3 is 1.45 bits per heavy atom. The lowest BCUT2D eigenvalue weighted by molar-refractivity contribution is -0.141. The fourth-order valence-electron chi connectivity index (χ4n) is 3.90. The van der Waals surface area contributed by atoms with Crippen molar-refractivity contribution in [1.29, 1.82) is 0 Å². The highest BCUT2D eigenvalue weighted by Gasteiger charge is 2.26. The van der Waals surface area contributed by atoms with E-state index in [2.05, 4.69) is 53.7 Å². The molecular formula is C30H43O7P. The van der Waals surface area contributed by atoms with E-state index >= 15 is 0 Å². The van der Waals surface area contributed by atoms with Crippen molar-refractivity contribution >= 4 is 20.3 Å². The van der Waals surface area contributed by atoms with E-state index in [1.165, 1.54) is 14.2 Å². The number of aliphatic hydroxyl groups excluding tert-OH is 1. The van der Waals surface area contributed by atoms with Gasteiger partial charge in [0, 0.05) is 24.0 Å². The maximum absolute atomic E-state index is 11.6. The molecule has 0 unspecified atom stereocenters. The van der Waals surface area contributed by atoms with Crippen molar-refractivity contribution in [1.82, 2.24) is 0 Å². The van der Waals surface area contributed by atoms with Gasteiger partial charge in [0.1, 0.15) is 11.5 Å². The molecule has 8 heteroatoms. The van der Waals surface area contributed by atoms with Gasteiger partial charge in [-0.15, -0.1) is 0 Å². The molecule has 2 rings (SSSR count). The molecule has 0 aromatic heterocycles. The lowest BCUT2D eigenvalue weighted by Crippen LogP contribution is -2.16. The number of carbonyl (C=O) groups is 2. The van der Waals surface area contributed by atoms with Gasteiger partial charge in [-0.1, -0.05) is 65.8 Å². The minimum atomic E-state index is -1.50. The molecule has 0 saturated heterocycles. The van der Waals surface area contributed by atoms with E-state index < -0.39 is 8.38 Å². The lowest BCUT2D eigenvalue weighted by Gasteiger charge is -2.28. The van der Waals surface area contributed by atoms with E-state index in [9.17, 15) is 14.7 Å². The number of hydrogen-bond donors (Lipinski definition) is 1. The summed E-state index contributed by atoms with van der Waals surface area (Å²) in [5.74, 6) is 0.915. The van der Waals surface area contributed by atoms with Gasteiger partial charge in [-0.2, -0.15) is 0 Å². The number of aryl methyl sites for hydroxylation is 2. The molecule has 38 heavy (non-hydrogen) atoms. The number of benzene rings is 2. The summed E-state index contributed by atoms with van der Waals surface area (Å²) in [5.41, 5.74) is 3.63. The molecule has 2 aromatic rings. The summed E-state index contributed by atoms with van der Waals surface area (Å²) in [6, 6.07) is 11.9. The van der Waals surface area contributed by atoms with Gasteiger partial charge in [0.25, 0.3) is 8.38 Å². The number of rotatable bonds is 12. The third kappa shape index (κ3) is 9.59. The molecule has 7 nitrogen and oxygen atoms in total. The Bertz CT molecular complexity index is 999. The molecule has 0 radical (unpaired) electrons. The smallest absolute Gasteiger partial charge is 0.305 e. The van der Waals surface area contributed by atoms with Gasteiger partial charge >= 0.3 is 11.9 Å². The van der Waals surface area contributed by atoms with Crippen LogP contribution < -0.4 is 9.05 Å². The van der Waals surface area contributed by atoms with E-state index in [4.69, 9.17) is 18.5 Å². The second-order valence-corrected chi connectivity index (χ2v) is 12.8. The SMILES string of the molecule is COC(=O)CCc1ccc(OP(CCO)Oc2ccc(CCC(=O)OC)cc2C(C)(C)C)c(C(C)(C)C)c1. The highest BCUT2D eigenvalue weighted by molar-refractivity contribution is 7.48. The molecule has 0 aliphatic rings. The van der Waals surface area contributed by atoms with Crippen LogP contribution in [0.15, 0.2) is 36.4 Å². The zero-order chi connectivity index (χ0) is 28.5. The summed E-state index contributed by atoms with van der Waals surface area (Å²) in [6.07, 6.45) is 2.12. The first-order valence-electron chi connectivity index (χ1n) is 12.9. The average Bonchev–Trinajstić information content (AvgIpc) is 2.85. The molecule has 0 aliphatic heterocycles. The van der Waals surface area contributed by atoms with Crippen LogP contribution in [0.4, 0.5) is 0 Å². The Morgan fingerprint density at radius 2 is 1.13 bits per heavy atom. The highest BCUT2D eigenvalue weighted by atomic mass is 31.2. The van der Waals surface area contributed by atoms with Gasteiger partial charge in [-0.25, -0.2) is 0 Å². The first kappa shape index (κ1) is 31.6. The molecule has 0 heterocycles. The zero-order valence-electron chi connectivity index (χ0n) is 24.1. The van der Waals surface area contributed by atoms with Crippen LogP contribution in [0, 0.1) is 0 Å². The fourth-order valence-corrected chi connectivity index (χ4v) is 5.04. The third-order valence-corrected chi connectivity index (χ3v) is 7.44. The molecule has 0 fully saturated rings.